The normalized spacial score (nSPS) is 15.2. The van der Waals surface area contributed by atoms with Crippen LogP contribution in [-0.2, 0) is 18.0 Å². The van der Waals surface area contributed by atoms with Gasteiger partial charge in [0.25, 0.3) is 0 Å². The molecule has 0 heterocycles. The molecule has 5 heteroatoms. The molecule has 1 fully saturated rings. The molecule has 1 aliphatic rings. The average Bonchev–Trinajstić information content (AvgIpc) is 2.75. The van der Waals surface area contributed by atoms with E-state index in [4.69, 9.17) is 4.74 Å². The minimum Gasteiger partial charge on any atom is -0.493 e. The van der Waals surface area contributed by atoms with Gasteiger partial charge in [0.1, 0.15) is 5.75 Å². The number of benzene rings is 2. The van der Waals surface area contributed by atoms with Crippen LogP contribution in [0, 0.1) is 5.92 Å². The van der Waals surface area contributed by atoms with Gasteiger partial charge in [0.05, 0.1) is 12.2 Å². The summed E-state index contributed by atoms with van der Waals surface area (Å²) in [4.78, 5) is 2.45. The van der Waals surface area contributed by atoms with E-state index in [0.29, 0.717) is 23.7 Å². The molecular weight excluding hydrogens is 411 g/mol. The molecule has 2 nitrogen and oxygen atoms in total. The van der Waals surface area contributed by atoms with Gasteiger partial charge in [-0.25, -0.2) is 0 Å². The molecule has 0 amide bonds. The summed E-state index contributed by atoms with van der Waals surface area (Å²) in [6.07, 6.45) is 0.984. The summed E-state index contributed by atoms with van der Waals surface area (Å²) < 4.78 is 41.8. The Labute approximate surface area is 191 Å². The lowest BCUT2D eigenvalue weighted by Crippen LogP contribution is -2.44. The highest BCUT2D eigenvalue weighted by Gasteiger charge is 2.39. The van der Waals surface area contributed by atoms with Gasteiger partial charge < -0.3 is 9.64 Å². The Morgan fingerprint density at radius 3 is 1.97 bits per heavy atom. The van der Waals surface area contributed by atoms with Gasteiger partial charge in [-0.05, 0) is 74.2 Å². The van der Waals surface area contributed by atoms with Crippen LogP contribution in [0.4, 0.5) is 13.2 Å². The van der Waals surface area contributed by atoms with Crippen molar-refractivity contribution in [2.45, 2.75) is 65.0 Å². The minimum absolute atomic E-state index is 0.354. The van der Waals surface area contributed by atoms with Gasteiger partial charge in [0.2, 0.25) is 0 Å². The molecule has 0 aliphatic heterocycles. The highest BCUT2D eigenvalue weighted by Crippen LogP contribution is 2.44. The van der Waals surface area contributed by atoms with Crippen molar-refractivity contribution in [3.05, 3.63) is 65.2 Å². The second-order valence-electron chi connectivity index (χ2n) is 9.24. The topological polar surface area (TPSA) is 12.5 Å². The zero-order valence-corrected chi connectivity index (χ0v) is 20.1. The van der Waals surface area contributed by atoms with E-state index in [-0.39, 0.29) is 0 Å². The number of hydrogen-bond donors (Lipinski definition) is 0. The van der Waals surface area contributed by atoms with E-state index >= 15 is 0 Å². The summed E-state index contributed by atoms with van der Waals surface area (Å²) in [6, 6.07) is 14.1. The van der Waals surface area contributed by atoms with Crippen LogP contribution in [0.15, 0.2) is 48.5 Å². The van der Waals surface area contributed by atoms with E-state index in [9.17, 15) is 13.2 Å². The molecule has 0 spiro atoms. The molecule has 3 rings (SSSR count). The Bertz CT molecular complexity index is 793. The maximum atomic E-state index is 12.2. The molecule has 1 aliphatic carbocycles. The van der Waals surface area contributed by atoms with Gasteiger partial charge in [0, 0.05) is 12.0 Å². The second kappa shape index (κ2) is 11.7. The maximum absolute atomic E-state index is 12.2. The van der Waals surface area contributed by atoms with Crippen LogP contribution >= 0.6 is 0 Å². The Hall–Kier alpha value is -2.01. The first-order valence-electron chi connectivity index (χ1n) is 11.7. The quantitative estimate of drug-likeness (QED) is 0.417. The highest BCUT2D eigenvalue weighted by atomic mass is 19.4. The van der Waals surface area contributed by atoms with Crippen molar-refractivity contribution in [3.63, 3.8) is 0 Å². The summed E-state index contributed by atoms with van der Waals surface area (Å²) in [5, 5.41) is 0. The Balaban J connectivity index is 0.000000229. The van der Waals surface area contributed by atoms with Crippen LogP contribution < -0.4 is 4.74 Å². The number of halogens is 3. The van der Waals surface area contributed by atoms with E-state index in [1.165, 1.54) is 43.5 Å². The van der Waals surface area contributed by atoms with E-state index < -0.39 is 11.7 Å². The van der Waals surface area contributed by atoms with Crippen molar-refractivity contribution in [2.24, 2.45) is 5.92 Å². The molecule has 0 radical (unpaired) electrons. The lowest BCUT2D eigenvalue weighted by Gasteiger charge is -2.45. The molecule has 0 N–H and O–H groups in total. The monoisotopic (exact) mass is 449 g/mol. The van der Waals surface area contributed by atoms with Gasteiger partial charge in [-0.15, -0.1) is 0 Å². The summed E-state index contributed by atoms with van der Waals surface area (Å²) in [7, 11) is 2.24. The summed E-state index contributed by atoms with van der Waals surface area (Å²) in [6.45, 7) is 11.3. The van der Waals surface area contributed by atoms with Crippen LogP contribution in [0.3, 0.4) is 0 Å². The Kier molecular flexibility index (Phi) is 9.63. The summed E-state index contributed by atoms with van der Waals surface area (Å²) in [5.74, 6) is 0.823. The molecular formula is C27H38F3NO. The van der Waals surface area contributed by atoms with Crippen molar-refractivity contribution in [1.82, 2.24) is 4.90 Å². The minimum atomic E-state index is -4.28. The van der Waals surface area contributed by atoms with Crippen LogP contribution in [0.2, 0.25) is 0 Å². The first kappa shape index (κ1) is 26.2. The Morgan fingerprint density at radius 2 is 1.56 bits per heavy atom. The van der Waals surface area contributed by atoms with Crippen molar-refractivity contribution in [1.29, 1.82) is 0 Å². The van der Waals surface area contributed by atoms with Gasteiger partial charge in [0.15, 0.2) is 0 Å². The third-order valence-corrected chi connectivity index (χ3v) is 6.16. The number of rotatable bonds is 8. The van der Waals surface area contributed by atoms with Gasteiger partial charge in [-0.1, -0.05) is 58.4 Å². The fourth-order valence-corrected chi connectivity index (χ4v) is 3.87. The predicted molar refractivity (Wildman–Crippen MR) is 126 cm³/mol. The third-order valence-electron chi connectivity index (χ3n) is 6.16. The fourth-order valence-electron chi connectivity index (χ4n) is 3.87. The Morgan fingerprint density at radius 1 is 0.969 bits per heavy atom. The second-order valence-corrected chi connectivity index (χ2v) is 9.24. The van der Waals surface area contributed by atoms with E-state index in [1.54, 1.807) is 5.56 Å². The van der Waals surface area contributed by atoms with Crippen LogP contribution in [0.25, 0.3) is 0 Å². The van der Waals surface area contributed by atoms with E-state index in [2.05, 4.69) is 50.1 Å². The number of hydrogen-bond acceptors (Lipinski definition) is 2. The third kappa shape index (κ3) is 7.54. The van der Waals surface area contributed by atoms with Crippen molar-refractivity contribution >= 4 is 0 Å². The highest BCUT2D eigenvalue weighted by molar-refractivity contribution is 5.32. The molecule has 0 atom stereocenters. The zero-order chi connectivity index (χ0) is 23.8. The average molecular weight is 450 g/mol. The van der Waals surface area contributed by atoms with E-state index in [1.807, 2.05) is 13.8 Å². The van der Waals surface area contributed by atoms with Crippen LogP contribution in [-0.4, -0.2) is 31.6 Å². The molecule has 0 bridgehead atoms. The molecule has 178 valence electrons. The molecule has 2 aromatic carbocycles. The number of alkyl halides is 3. The lowest BCUT2D eigenvalue weighted by molar-refractivity contribution is -0.137. The maximum Gasteiger partial charge on any atom is 0.416 e. The first-order chi connectivity index (χ1) is 15.1. The van der Waals surface area contributed by atoms with Gasteiger partial charge >= 0.3 is 6.18 Å². The van der Waals surface area contributed by atoms with Crippen LogP contribution in [0.1, 0.15) is 63.6 Å². The molecule has 1 saturated carbocycles. The van der Waals surface area contributed by atoms with Crippen molar-refractivity contribution in [3.8, 4) is 5.75 Å². The van der Waals surface area contributed by atoms with Crippen molar-refractivity contribution in [2.75, 3.05) is 26.7 Å². The number of nitrogens with zero attached hydrogens (tertiary/aromatic N) is 1. The molecule has 0 saturated heterocycles. The summed E-state index contributed by atoms with van der Waals surface area (Å²) >= 11 is 0. The number of aryl methyl sites for hydroxylation is 1. The lowest BCUT2D eigenvalue weighted by atomic mass is 9.64. The molecule has 32 heavy (non-hydrogen) atoms. The molecule has 0 aromatic heterocycles. The van der Waals surface area contributed by atoms with Gasteiger partial charge in [-0.2, -0.15) is 13.2 Å². The largest absolute Gasteiger partial charge is 0.493 e. The standard InChI is InChI=1S/C16H25N.C11H13F3O/c1-4-14-7-9-15(10-8-14)16(11-6-12-16)13-17(3)5-2;1-8(2)7-15-10-5-3-9(4-6-10)11(12,13)14/h7-10H,4-6,11-13H2,1-3H3;3-6,8H,7H2,1-2H3. The smallest absolute Gasteiger partial charge is 0.416 e. The predicted octanol–water partition coefficient (Wildman–Crippen LogP) is 7.36. The molecule has 0 unspecified atom stereocenters. The number of ether oxygens (including phenoxy) is 1. The van der Waals surface area contributed by atoms with E-state index in [0.717, 1.165) is 25.1 Å². The van der Waals surface area contributed by atoms with Gasteiger partial charge in [-0.3, -0.25) is 0 Å². The first-order valence-corrected chi connectivity index (χ1v) is 11.7. The zero-order valence-electron chi connectivity index (χ0n) is 20.1. The number of likely N-dealkylation sites (N-methyl/N-ethyl adjacent to an activating group) is 1. The van der Waals surface area contributed by atoms with Crippen molar-refractivity contribution < 1.29 is 17.9 Å². The molecule has 2 aromatic rings. The summed E-state index contributed by atoms with van der Waals surface area (Å²) in [5.41, 5.74) is 2.81. The fraction of sp³-hybridized carbons (Fsp3) is 0.556. The van der Waals surface area contributed by atoms with Crippen LogP contribution in [0.5, 0.6) is 5.75 Å². The SMILES string of the molecule is CC(C)COc1ccc(C(F)(F)F)cc1.CCc1ccc(C2(CN(C)CC)CCC2)cc1.